The molecule has 0 bridgehead atoms. The third kappa shape index (κ3) is 3.52. The lowest BCUT2D eigenvalue weighted by molar-refractivity contribution is 0.0827. The minimum atomic E-state index is -0.646. The van der Waals surface area contributed by atoms with Gasteiger partial charge in [0.25, 0.3) is 5.91 Å². The highest BCUT2D eigenvalue weighted by molar-refractivity contribution is 7.99. The molecule has 0 saturated heterocycles. The highest BCUT2D eigenvalue weighted by Gasteiger charge is 2.12. The van der Waals surface area contributed by atoms with Gasteiger partial charge in [-0.05, 0) is 30.3 Å². The van der Waals surface area contributed by atoms with Crippen LogP contribution in [0.5, 0.6) is 0 Å². The summed E-state index contributed by atoms with van der Waals surface area (Å²) in [6, 6.07) is 8.19. The van der Waals surface area contributed by atoms with E-state index in [-0.39, 0.29) is 10.8 Å². The maximum absolute atomic E-state index is 13.6. The molecule has 0 spiro atoms. The van der Waals surface area contributed by atoms with E-state index in [1.807, 2.05) is 0 Å². The maximum atomic E-state index is 13.6. The number of rotatable bonds is 3. The Labute approximate surface area is 125 Å². The molecule has 2 N–H and O–H groups in total. The zero-order valence-corrected chi connectivity index (χ0v) is 12.4. The normalized spacial score (nSPS) is 10.5. The third-order valence-electron chi connectivity index (χ3n) is 2.78. The van der Waals surface area contributed by atoms with Crippen LogP contribution in [0.3, 0.4) is 0 Å². The van der Waals surface area contributed by atoms with Crippen molar-refractivity contribution in [3.8, 4) is 0 Å². The Bertz CT molecular complexity index is 689. The molecule has 110 valence electrons. The van der Waals surface area contributed by atoms with Gasteiger partial charge in [0.05, 0.1) is 0 Å². The van der Waals surface area contributed by atoms with Crippen LogP contribution in [0, 0.1) is 11.6 Å². The second kappa shape index (κ2) is 6.13. The third-order valence-corrected chi connectivity index (χ3v) is 3.92. The summed E-state index contributed by atoms with van der Waals surface area (Å²) in [6.07, 6.45) is 0. The molecule has 0 fully saturated rings. The Kier molecular flexibility index (Phi) is 4.47. The zero-order valence-electron chi connectivity index (χ0n) is 11.6. The van der Waals surface area contributed by atoms with Crippen LogP contribution in [-0.2, 0) is 0 Å². The van der Waals surface area contributed by atoms with Gasteiger partial charge in [-0.15, -0.1) is 0 Å². The number of anilines is 1. The summed E-state index contributed by atoms with van der Waals surface area (Å²) >= 11 is 1.09. The smallest absolute Gasteiger partial charge is 0.253 e. The molecule has 0 atom stereocenters. The Balaban J connectivity index is 2.27. The number of carbonyl (C=O) groups is 1. The van der Waals surface area contributed by atoms with Crippen LogP contribution in [0.15, 0.2) is 46.2 Å². The van der Waals surface area contributed by atoms with E-state index in [4.69, 9.17) is 5.73 Å². The second-order valence-corrected chi connectivity index (χ2v) is 5.71. The number of hydrogen-bond acceptors (Lipinski definition) is 3. The lowest BCUT2D eigenvalue weighted by Crippen LogP contribution is -2.21. The van der Waals surface area contributed by atoms with Crippen molar-refractivity contribution in [3.63, 3.8) is 0 Å². The minimum Gasteiger partial charge on any atom is -0.398 e. The average molecular weight is 308 g/mol. The first-order valence-electron chi connectivity index (χ1n) is 6.12. The van der Waals surface area contributed by atoms with Crippen LogP contribution < -0.4 is 5.73 Å². The Morgan fingerprint density at radius 1 is 1.10 bits per heavy atom. The molecule has 6 heteroatoms. The van der Waals surface area contributed by atoms with Gasteiger partial charge in [-0.2, -0.15) is 0 Å². The number of nitrogen functional groups attached to an aromatic ring is 1. The van der Waals surface area contributed by atoms with Crippen molar-refractivity contribution >= 4 is 23.4 Å². The van der Waals surface area contributed by atoms with E-state index >= 15 is 0 Å². The minimum absolute atomic E-state index is 0.161. The molecule has 1 amide bonds. The number of hydrogen-bond donors (Lipinski definition) is 1. The van der Waals surface area contributed by atoms with Crippen LogP contribution in [0.4, 0.5) is 14.5 Å². The molecule has 0 radical (unpaired) electrons. The first-order valence-corrected chi connectivity index (χ1v) is 6.94. The lowest BCUT2D eigenvalue weighted by atomic mass is 10.2. The summed E-state index contributed by atoms with van der Waals surface area (Å²) in [4.78, 5) is 14.1. The van der Waals surface area contributed by atoms with Crippen LogP contribution in [0.2, 0.25) is 0 Å². The average Bonchev–Trinajstić information content (AvgIpc) is 2.42. The summed E-state index contributed by atoms with van der Waals surface area (Å²) < 4.78 is 26.5. The number of benzene rings is 2. The molecule has 2 aromatic rings. The molecule has 3 nitrogen and oxygen atoms in total. The molecule has 21 heavy (non-hydrogen) atoms. The molecule has 0 aliphatic heterocycles. The fourth-order valence-electron chi connectivity index (χ4n) is 1.71. The molecule has 0 aromatic heterocycles. The fraction of sp³-hybridized carbons (Fsp3) is 0.133. The standard InChI is InChI=1S/C15H14F2N2OS/c1-19(2)15(20)9-3-5-14(12(18)7-9)21-13-6-4-10(16)8-11(13)17/h3-8H,18H2,1-2H3. The second-order valence-electron chi connectivity index (χ2n) is 4.63. The van der Waals surface area contributed by atoms with Crippen LogP contribution in [0.25, 0.3) is 0 Å². The van der Waals surface area contributed by atoms with Gasteiger partial charge in [-0.25, -0.2) is 8.78 Å². The molecular formula is C15H14F2N2OS. The Morgan fingerprint density at radius 2 is 1.76 bits per heavy atom. The van der Waals surface area contributed by atoms with Crippen molar-refractivity contribution in [2.45, 2.75) is 9.79 Å². The van der Waals surface area contributed by atoms with Crippen molar-refractivity contribution in [2.75, 3.05) is 19.8 Å². The largest absolute Gasteiger partial charge is 0.398 e. The molecule has 0 aliphatic rings. The van der Waals surface area contributed by atoms with E-state index in [0.717, 1.165) is 17.8 Å². The summed E-state index contributed by atoms with van der Waals surface area (Å²) in [5.74, 6) is -1.43. The van der Waals surface area contributed by atoms with E-state index in [9.17, 15) is 13.6 Å². The van der Waals surface area contributed by atoms with Crippen molar-refractivity contribution in [2.24, 2.45) is 0 Å². The van der Waals surface area contributed by atoms with Crippen molar-refractivity contribution in [1.82, 2.24) is 4.90 Å². The summed E-state index contributed by atoms with van der Waals surface area (Å²) in [7, 11) is 3.30. The topological polar surface area (TPSA) is 46.3 Å². The van der Waals surface area contributed by atoms with Gasteiger partial charge in [0.1, 0.15) is 11.6 Å². The number of nitrogens with zero attached hydrogens (tertiary/aromatic N) is 1. The SMILES string of the molecule is CN(C)C(=O)c1ccc(Sc2ccc(F)cc2F)c(N)c1. The molecule has 2 rings (SSSR count). The summed E-state index contributed by atoms with van der Waals surface area (Å²) in [5.41, 5.74) is 6.73. The predicted molar refractivity (Wildman–Crippen MR) is 79.4 cm³/mol. The Hall–Kier alpha value is -2.08. The zero-order chi connectivity index (χ0) is 15.6. The highest BCUT2D eigenvalue weighted by Crippen LogP contribution is 2.34. The van der Waals surface area contributed by atoms with E-state index in [1.54, 1.807) is 32.3 Å². The quantitative estimate of drug-likeness (QED) is 0.884. The summed E-state index contributed by atoms with van der Waals surface area (Å²) in [5, 5.41) is 0. The number of halogens is 2. The van der Waals surface area contributed by atoms with E-state index in [2.05, 4.69) is 0 Å². The van der Waals surface area contributed by atoms with Gasteiger partial charge in [-0.3, -0.25) is 4.79 Å². The summed E-state index contributed by atoms with van der Waals surface area (Å²) in [6.45, 7) is 0. The molecule has 0 unspecified atom stereocenters. The Morgan fingerprint density at radius 3 is 2.33 bits per heavy atom. The lowest BCUT2D eigenvalue weighted by Gasteiger charge is -2.12. The van der Waals surface area contributed by atoms with Crippen molar-refractivity contribution in [3.05, 3.63) is 53.6 Å². The van der Waals surface area contributed by atoms with Gasteiger partial charge in [0.2, 0.25) is 0 Å². The predicted octanol–water partition coefficient (Wildman–Crippen LogP) is 3.40. The monoisotopic (exact) mass is 308 g/mol. The number of nitrogens with two attached hydrogens (primary N) is 1. The van der Waals surface area contributed by atoms with Gasteiger partial charge < -0.3 is 10.6 Å². The first kappa shape index (κ1) is 15.3. The van der Waals surface area contributed by atoms with Crippen molar-refractivity contribution < 1.29 is 13.6 Å². The molecule has 2 aromatic carbocycles. The van der Waals surface area contributed by atoms with E-state index in [0.29, 0.717) is 16.1 Å². The molecule has 0 saturated carbocycles. The highest BCUT2D eigenvalue weighted by atomic mass is 32.2. The van der Waals surface area contributed by atoms with E-state index in [1.165, 1.54) is 17.0 Å². The first-order chi connectivity index (χ1) is 9.88. The van der Waals surface area contributed by atoms with E-state index < -0.39 is 11.6 Å². The fourth-order valence-corrected chi connectivity index (χ4v) is 2.55. The van der Waals surface area contributed by atoms with Crippen LogP contribution in [0.1, 0.15) is 10.4 Å². The van der Waals surface area contributed by atoms with Gasteiger partial charge in [-0.1, -0.05) is 11.8 Å². The van der Waals surface area contributed by atoms with Gasteiger partial charge in [0.15, 0.2) is 0 Å². The molecule has 0 heterocycles. The van der Waals surface area contributed by atoms with Crippen LogP contribution in [-0.4, -0.2) is 24.9 Å². The number of carbonyl (C=O) groups excluding carboxylic acids is 1. The van der Waals surface area contributed by atoms with Crippen molar-refractivity contribution in [1.29, 1.82) is 0 Å². The maximum Gasteiger partial charge on any atom is 0.253 e. The molecular weight excluding hydrogens is 294 g/mol. The van der Waals surface area contributed by atoms with Gasteiger partial charge >= 0.3 is 0 Å². The van der Waals surface area contributed by atoms with Gasteiger partial charge in [0, 0.05) is 41.2 Å². The molecule has 0 aliphatic carbocycles. The van der Waals surface area contributed by atoms with Crippen LogP contribution >= 0.6 is 11.8 Å². The number of amides is 1.